The van der Waals surface area contributed by atoms with E-state index in [1.54, 1.807) is 24.4 Å². The number of carbonyl (C=O) groups excluding carboxylic acids is 1. The molecule has 1 amide bonds. The molecule has 24 heavy (non-hydrogen) atoms. The van der Waals surface area contributed by atoms with Gasteiger partial charge in [-0.1, -0.05) is 12.1 Å². The van der Waals surface area contributed by atoms with Crippen molar-refractivity contribution in [3.8, 4) is 0 Å². The molecule has 0 aliphatic carbocycles. The second-order valence-corrected chi connectivity index (χ2v) is 6.09. The van der Waals surface area contributed by atoms with Crippen LogP contribution in [-0.2, 0) is 6.54 Å². The van der Waals surface area contributed by atoms with Crippen LogP contribution in [0.3, 0.4) is 0 Å². The molecule has 0 spiro atoms. The summed E-state index contributed by atoms with van der Waals surface area (Å²) in [6.45, 7) is 2.01. The average molecular weight is 343 g/mol. The zero-order chi connectivity index (χ0) is 17.1. The van der Waals surface area contributed by atoms with Crippen molar-refractivity contribution in [2.45, 2.75) is 13.5 Å². The molecule has 2 heterocycles. The first-order valence-corrected chi connectivity index (χ1v) is 8.08. The Morgan fingerprint density at radius 1 is 1.33 bits per heavy atom. The van der Waals surface area contributed by atoms with Crippen LogP contribution in [-0.4, -0.2) is 15.5 Å². The number of halogens is 1. The van der Waals surface area contributed by atoms with Gasteiger partial charge in [-0.15, -0.1) is 11.3 Å². The van der Waals surface area contributed by atoms with Gasteiger partial charge >= 0.3 is 0 Å². The van der Waals surface area contributed by atoms with E-state index in [0.29, 0.717) is 10.7 Å². The van der Waals surface area contributed by atoms with Gasteiger partial charge in [-0.2, -0.15) is 0 Å². The maximum Gasteiger partial charge on any atom is 0.263 e. The number of aromatic nitrogens is 2. The highest BCUT2D eigenvalue weighted by Crippen LogP contribution is 2.15. The van der Waals surface area contributed by atoms with Crippen LogP contribution in [0.4, 0.5) is 9.52 Å². The van der Waals surface area contributed by atoms with Crippen molar-refractivity contribution in [1.29, 1.82) is 0 Å². The number of pyridine rings is 1. The van der Waals surface area contributed by atoms with E-state index in [4.69, 9.17) is 0 Å². The molecule has 1 N–H and O–H groups in total. The Labute approximate surface area is 141 Å². The molecule has 1 aromatic carbocycles. The molecule has 3 aromatic rings. The number of nitrogens with zero attached hydrogens (tertiary/aromatic N) is 2. The van der Waals surface area contributed by atoms with E-state index in [-0.39, 0.29) is 17.9 Å². The van der Waals surface area contributed by atoms with Crippen molar-refractivity contribution in [2.24, 2.45) is 0 Å². The van der Waals surface area contributed by atoms with E-state index < -0.39 is 11.5 Å². The number of nitrogens with one attached hydrogen (secondary N) is 1. The molecule has 0 saturated carbocycles. The number of carbonyl (C=O) groups is 1. The van der Waals surface area contributed by atoms with Gasteiger partial charge in [-0.25, -0.2) is 9.37 Å². The largest absolute Gasteiger partial charge is 0.310 e. The van der Waals surface area contributed by atoms with Gasteiger partial charge in [0.1, 0.15) is 11.4 Å². The fourth-order valence-electron chi connectivity index (χ4n) is 2.24. The second-order valence-electron chi connectivity index (χ2n) is 5.23. The van der Waals surface area contributed by atoms with E-state index in [2.05, 4.69) is 10.3 Å². The second kappa shape index (κ2) is 6.76. The number of anilines is 1. The highest BCUT2D eigenvalue weighted by Gasteiger charge is 2.14. The highest BCUT2D eigenvalue weighted by atomic mass is 32.1. The zero-order valence-corrected chi connectivity index (χ0v) is 13.6. The van der Waals surface area contributed by atoms with Gasteiger partial charge in [-0.3, -0.25) is 14.9 Å². The van der Waals surface area contributed by atoms with E-state index in [1.807, 2.05) is 12.3 Å². The Kier molecular flexibility index (Phi) is 4.52. The van der Waals surface area contributed by atoms with Gasteiger partial charge in [-0.05, 0) is 36.8 Å². The third-order valence-corrected chi connectivity index (χ3v) is 4.22. The molecule has 0 atom stereocenters. The predicted molar refractivity (Wildman–Crippen MR) is 91.0 cm³/mol. The molecule has 0 aliphatic rings. The lowest BCUT2D eigenvalue weighted by Gasteiger charge is -2.08. The van der Waals surface area contributed by atoms with Gasteiger partial charge in [0.25, 0.3) is 11.5 Å². The normalized spacial score (nSPS) is 10.6. The first-order chi connectivity index (χ1) is 11.5. The summed E-state index contributed by atoms with van der Waals surface area (Å²) in [7, 11) is 0. The first kappa shape index (κ1) is 16.1. The summed E-state index contributed by atoms with van der Waals surface area (Å²) in [5.74, 6) is -0.878. The topological polar surface area (TPSA) is 64.0 Å². The quantitative estimate of drug-likeness (QED) is 0.792. The molecule has 0 bridgehead atoms. The van der Waals surface area contributed by atoms with Crippen molar-refractivity contribution < 1.29 is 9.18 Å². The van der Waals surface area contributed by atoms with Crippen LogP contribution in [0.15, 0.2) is 52.8 Å². The van der Waals surface area contributed by atoms with Crippen molar-refractivity contribution in [3.05, 3.63) is 81.0 Å². The standard InChI is InChI=1S/C17H14FN3O2S/c1-11-10-24-17(19-11)20-15(22)14-6-3-7-21(16(14)23)9-12-4-2-5-13(18)8-12/h2-8,10H,9H2,1H3,(H,19,20,22). The van der Waals surface area contributed by atoms with Crippen LogP contribution in [0.5, 0.6) is 0 Å². The molecule has 0 aliphatic heterocycles. The minimum Gasteiger partial charge on any atom is -0.310 e. The molecule has 0 unspecified atom stereocenters. The fourth-order valence-corrected chi connectivity index (χ4v) is 2.93. The predicted octanol–water partition coefficient (Wildman–Crippen LogP) is 3.05. The van der Waals surface area contributed by atoms with Crippen LogP contribution in [0.1, 0.15) is 21.6 Å². The molecular weight excluding hydrogens is 329 g/mol. The van der Waals surface area contributed by atoms with E-state index >= 15 is 0 Å². The fraction of sp³-hybridized carbons (Fsp3) is 0.118. The SMILES string of the molecule is Cc1csc(NC(=O)c2cccn(Cc3cccc(F)c3)c2=O)n1. The van der Waals surface area contributed by atoms with E-state index in [9.17, 15) is 14.0 Å². The molecule has 0 fully saturated rings. The summed E-state index contributed by atoms with van der Waals surface area (Å²) in [5, 5.41) is 4.87. The smallest absolute Gasteiger partial charge is 0.263 e. The number of thiazole rings is 1. The van der Waals surface area contributed by atoms with Crippen molar-refractivity contribution in [1.82, 2.24) is 9.55 Å². The Balaban J connectivity index is 1.85. The summed E-state index contributed by atoms with van der Waals surface area (Å²) in [5.41, 5.74) is 1.02. The summed E-state index contributed by atoms with van der Waals surface area (Å²) in [6.07, 6.45) is 1.57. The van der Waals surface area contributed by atoms with Crippen LogP contribution in [0.2, 0.25) is 0 Å². The Morgan fingerprint density at radius 3 is 2.88 bits per heavy atom. The zero-order valence-electron chi connectivity index (χ0n) is 12.8. The van der Waals surface area contributed by atoms with Gasteiger partial charge in [0.2, 0.25) is 0 Å². The Hall–Kier alpha value is -2.80. The van der Waals surface area contributed by atoms with Crippen molar-refractivity contribution in [3.63, 3.8) is 0 Å². The van der Waals surface area contributed by atoms with E-state index in [1.165, 1.54) is 34.1 Å². The number of rotatable bonds is 4. The van der Waals surface area contributed by atoms with E-state index in [0.717, 1.165) is 5.69 Å². The lowest BCUT2D eigenvalue weighted by molar-refractivity contribution is 0.102. The molecule has 122 valence electrons. The maximum atomic E-state index is 13.3. The molecule has 0 saturated heterocycles. The molecule has 5 nitrogen and oxygen atoms in total. The lowest BCUT2D eigenvalue weighted by atomic mass is 10.2. The highest BCUT2D eigenvalue weighted by molar-refractivity contribution is 7.13. The molecule has 3 rings (SSSR count). The number of hydrogen-bond acceptors (Lipinski definition) is 4. The third-order valence-electron chi connectivity index (χ3n) is 3.35. The lowest BCUT2D eigenvalue weighted by Crippen LogP contribution is -2.29. The van der Waals surface area contributed by atoms with Gasteiger partial charge in [0.05, 0.1) is 12.2 Å². The van der Waals surface area contributed by atoms with Crippen LogP contribution < -0.4 is 10.9 Å². The van der Waals surface area contributed by atoms with Crippen molar-refractivity contribution >= 4 is 22.4 Å². The summed E-state index contributed by atoms with van der Waals surface area (Å²) >= 11 is 1.29. The molecule has 2 aromatic heterocycles. The Bertz CT molecular complexity index is 949. The third kappa shape index (κ3) is 3.57. The van der Waals surface area contributed by atoms with Gasteiger partial charge in [0, 0.05) is 11.6 Å². The minimum absolute atomic E-state index is 0.0155. The summed E-state index contributed by atoms with van der Waals surface area (Å²) in [6, 6.07) is 9.07. The number of hydrogen-bond donors (Lipinski definition) is 1. The van der Waals surface area contributed by atoms with Crippen LogP contribution in [0.25, 0.3) is 0 Å². The van der Waals surface area contributed by atoms with Crippen LogP contribution >= 0.6 is 11.3 Å². The number of aryl methyl sites for hydroxylation is 1. The monoisotopic (exact) mass is 343 g/mol. The first-order valence-electron chi connectivity index (χ1n) is 7.20. The molecular formula is C17H14FN3O2S. The van der Waals surface area contributed by atoms with Crippen molar-refractivity contribution in [2.75, 3.05) is 5.32 Å². The molecule has 0 radical (unpaired) electrons. The average Bonchev–Trinajstić information content (AvgIpc) is 2.94. The minimum atomic E-state index is -0.511. The number of amides is 1. The van der Waals surface area contributed by atoms with Gasteiger partial charge < -0.3 is 4.57 Å². The summed E-state index contributed by atoms with van der Waals surface area (Å²) < 4.78 is 14.6. The number of benzene rings is 1. The Morgan fingerprint density at radius 2 is 2.17 bits per heavy atom. The van der Waals surface area contributed by atoms with Gasteiger partial charge in [0.15, 0.2) is 5.13 Å². The van der Waals surface area contributed by atoms with Crippen LogP contribution in [0, 0.1) is 12.7 Å². The summed E-state index contributed by atoms with van der Waals surface area (Å²) in [4.78, 5) is 28.9. The maximum absolute atomic E-state index is 13.3. The molecule has 7 heteroatoms.